The van der Waals surface area contributed by atoms with Gasteiger partial charge >= 0.3 is 0 Å². The summed E-state index contributed by atoms with van der Waals surface area (Å²) in [4.78, 5) is 11.7. The Morgan fingerprint density at radius 2 is 2.13 bits per heavy atom. The van der Waals surface area contributed by atoms with Crippen LogP contribution in [0, 0.1) is 5.82 Å². The standard InChI is InChI=1S/C14H15FN2O4S2/c1-3-16-14(18)9-4-5-11(15)10(6-9)8-21-12-7-13(22-17-12)23(2,19)20/h4-7H,3,8H2,1-2H3,(H,16,18). The molecule has 0 atom stereocenters. The van der Waals surface area contributed by atoms with Gasteiger partial charge in [0.1, 0.15) is 16.6 Å². The Hall–Kier alpha value is -2.00. The van der Waals surface area contributed by atoms with E-state index >= 15 is 0 Å². The number of benzene rings is 1. The first-order chi connectivity index (χ1) is 10.8. The van der Waals surface area contributed by atoms with Gasteiger partial charge in [0.25, 0.3) is 5.91 Å². The third kappa shape index (κ3) is 4.49. The molecule has 1 aromatic carbocycles. The Bertz CT molecular complexity index is 818. The van der Waals surface area contributed by atoms with Gasteiger partial charge in [-0.25, -0.2) is 12.8 Å². The van der Waals surface area contributed by atoms with Crippen LogP contribution < -0.4 is 10.1 Å². The lowest BCUT2D eigenvalue weighted by atomic mass is 10.1. The Balaban J connectivity index is 2.12. The largest absolute Gasteiger partial charge is 0.472 e. The molecule has 0 saturated carbocycles. The molecule has 0 fully saturated rings. The van der Waals surface area contributed by atoms with Crippen LogP contribution in [0.15, 0.2) is 28.5 Å². The van der Waals surface area contributed by atoms with Crippen molar-refractivity contribution >= 4 is 27.3 Å². The molecule has 0 aliphatic heterocycles. The van der Waals surface area contributed by atoms with Crippen LogP contribution in [-0.2, 0) is 16.4 Å². The lowest BCUT2D eigenvalue weighted by Gasteiger charge is -2.07. The smallest absolute Gasteiger partial charge is 0.251 e. The molecule has 0 spiro atoms. The predicted octanol–water partition coefficient (Wildman–Crippen LogP) is 2.01. The zero-order chi connectivity index (χ0) is 17.0. The van der Waals surface area contributed by atoms with E-state index in [2.05, 4.69) is 9.69 Å². The molecule has 0 bridgehead atoms. The predicted molar refractivity (Wildman–Crippen MR) is 84.0 cm³/mol. The molecule has 1 aromatic heterocycles. The summed E-state index contributed by atoms with van der Waals surface area (Å²) in [6.07, 6.45) is 1.07. The third-order valence-electron chi connectivity index (χ3n) is 2.85. The molecule has 9 heteroatoms. The molecule has 6 nitrogen and oxygen atoms in total. The van der Waals surface area contributed by atoms with Crippen LogP contribution in [0.1, 0.15) is 22.8 Å². The van der Waals surface area contributed by atoms with Crippen molar-refractivity contribution in [3.05, 3.63) is 41.2 Å². The van der Waals surface area contributed by atoms with Crippen LogP contribution in [0.3, 0.4) is 0 Å². The van der Waals surface area contributed by atoms with Gasteiger partial charge in [-0.1, -0.05) is 0 Å². The number of carbonyl (C=O) groups is 1. The molecule has 1 amide bonds. The van der Waals surface area contributed by atoms with Gasteiger partial charge in [0.05, 0.1) is 0 Å². The van der Waals surface area contributed by atoms with E-state index in [1.807, 2.05) is 0 Å². The summed E-state index contributed by atoms with van der Waals surface area (Å²) in [7, 11) is -3.35. The number of carbonyl (C=O) groups excluding carboxylic acids is 1. The molecular weight excluding hydrogens is 343 g/mol. The fourth-order valence-corrected chi connectivity index (χ4v) is 3.13. The Morgan fingerprint density at radius 3 is 2.74 bits per heavy atom. The molecular formula is C14H15FN2O4S2. The molecule has 0 saturated heterocycles. The van der Waals surface area contributed by atoms with Gasteiger partial charge < -0.3 is 10.1 Å². The molecule has 1 heterocycles. The number of sulfone groups is 1. The van der Waals surface area contributed by atoms with Crippen molar-refractivity contribution < 1.29 is 22.3 Å². The zero-order valence-electron chi connectivity index (χ0n) is 12.5. The van der Waals surface area contributed by atoms with Gasteiger partial charge in [0, 0.05) is 30.0 Å². The first-order valence-electron chi connectivity index (χ1n) is 6.67. The molecule has 23 heavy (non-hydrogen) atoms. The maximum absolute atomic E-state index is 13.8. The van der Waals surface area contributed by atoms with Crippen molar-refractivity contribution in [2.75, 3.05) is 12.8 Å². The number of nitrogens with one attached hydrogen (secondary N) is 1. The molecule has 0 aliphatic rings. The minimum Gasteiger partial charge on any atom is -0.472 e. The number of nitrogens with zero attached hydrogens (tertiary/aromatic N) is 1. The van der Waals surface area contributed by atoms with Crippen LogP contribution in [0.5, 0.6) is 5.88 Å². The molecule has 2 aromatic rings. The van der Waals surface area contributed by atoms with E-state index in [-0.39, 0.29) is 28.2 Å². The Labute approximate surface area is 137 Å². The molecule has 0 radical (unpaired) electrons. The van der Waals surface area contributed by atoms with Gasteiger partial charge in [-0.05, 0) is 36.7 Å². The van der Waals surface area contributed by atoms with Gasteiger partial charge in [-0.2, -0.15) is 4.37 Å². The Kier molecular flexibility index (Phi) is 5.32. The number of hydrogen-bond donors (Lipinski definition) is 1. The van der Waals surface area contributed by atoms with Crippen molar-refractivity contribution in [1.29, 1.82) is 0 Å². The van der Waals surface area contributed by atoms with Crippen molar-refractivity contribution in [2.24, 2.45) is 0 Å². The van der Waals surface area contributed by atoms with Gasteiger partial charge in [0.15, 0.2) is 9.84 Å². The van der Waals surface area contributed by atoms with E-state index in [9.17, 15) is 17.6 Å². The van der Waals surface area contributed by atoms with Crippen LogP contribution in [0.2, 0.25) is 0 Å². The normalized spacial score (nSPS) is 11.3. The van der Waals surface area contributed by atoms with E-state index in [1.54, 1.807) is 6.92 Å². The SMILES string of the molecule is CCNC(=O)c1ccc(F)c(COc2cc(S(C)(=O)=O)sn2)c1. The highest BCUT2D eigenvalue weighted by Crippen LogP contribution is 2.22. The maximum atomic E-state index is 13.8. The lowest BCUT2D eigenvalue weighted by molar-refractivity contribution is 0.0955. The lowest BCUT2D eigenvalue weighted by Crippen LogP contribution is -2.22. The van der Waals surface area contributed by atoms with E-state index in [4.69, 9.17) is 4.74 Å². The summed E-state index contributed by atoms with van der Waals surface area (Å²) >= 11 is 0.790. The van der Waals surface area contributed by atoms with Crippen LogP contribution >= 0.6 is 11.5 Å². The average Bonchev–Trinajstić information content (AvgIpc) is 2.95. The van der Waals surface area contributed by atoms with Gasteiger partial charge in [0.2, 0.25) is 5.88 Å². The average molecular weight is 358 g/mol. The summed E-state index contributed by atoms with van der Waals surface area (Å²) in [5, 5.41) is 2.62. The van der Waals surface area contributed by atoms with Crippen molar-refractivity contribution in [1.82, 2.24) is 9.69 Å². The molecule has 0 aliphatic carbocycles. The van der Waals surface area contributed by atoms with Crippen LogP contribution in [-0.4, -0.2) is 31.5 Å². The van der Waals surface area contributed by atoms with Crippen LogP contribution in [0.4, 0.5) is 4.39 Å². The van der Waals surface area contributed by atoms with E-state index in [1.165, 1.54) is 24.3 Å². The zero-order valence-corrected chi connectivity index (χ0v) is 14.1. The molecule has 1 N–H and O–H groups in total. The first kappa shape index (κ1) is 17.4. The van der Waals surface area contributed by atoms with Crippen molar-refractivity contribution in [2.45, 2.75) is 17.7 Å². The fourth-order valence-electron chi connectivity index (χ4n) is 1.73. The van der Waals surface area contributed by atoms with E-state index in [0.717, 1.165) is 17.8 Å². The third-order valence-corrected chi connectivity index (χ3v) is 5.40. The van der Waals surface area contributed by atoms with Gasteiger partial charge in [-0.3, -0.25) is 4.79 Å². The molecule has 2 rings (SSSR count). The molecule has 0 unspecified atom stereocenters. The highest BCUT2D eigenvalue weighted by Gasteiger charge is 2.14. The first-order valence-corrected chi connectivity index (χ1v) is 9.34. The van der Waals surface area contributed by atoms with E-state index < -0.39 is 15.7 Å². The second kappa shape index (κ2) is 7.05. The summed E-state index contributed by atoms with van der Waals surface area (Å²) in [6, 6.07) is 5.25. The summed E-state index contributed by atoms with van der Waals surface area (Å²) in [6.45, 7) is 2.09. The number of aromatic nitrogens is 1. The monoisotopic (exact) mass is 358 g/mol. The van der Waals surface area contributed by atoms with Gasteiger partial charge in [-0.15, -0.1) is 0 Å². The second-order valence-electron chi connectivity index (χ2n) is 4.71. The minimum atomic E-state index is -3.35. The number of hydrogen-bond acceptors (Lipinski definition) is 6. The summed E-state index contributed by atoms with van der Waals surface area (Å²) in [5.74, 6) is -0.725. The molecule has 124 valence electrons. The van der Waals surface area contributed by atoms with E-state index in [0.29, 0.717) is 12.1 Å². The van der Waals surface area contributed by atoms with Crippen LogP contribution in [0.25, 0.3) is 0 Å². The topological polar surface area (TPSA) is 85.4 Å². The highest BCUT2D eigenvalue weighted by atomic mass is 32.2. The number of ether oxygens (including phenoxy) is 1. The second-order valence-corrected chi connectivity index (χ2v) is 7.76. The quantitative estimate of drug-likeness (QED) is 0.854. The summed E-state index contributed by atoms with van der Waals surface area (Å²) in [5.41, 5.74) is 0.504. The summed E-state index contributed by atoms with van der Waals surface area (Å²) < 4.78 is 45.8. The highest BCUT2D eigenvalue weighted by molar-refractivity contribution is 7.92. The number of halogens is 1. The number of rotatable bonds is 6. The maximum Gasteiger partial charge on any atom is 0.251 e. The fraction of sp³-hybridized carbons (Fsp3) is 0.286. The number of amides is 1. The minimum absolute atomic E-state index is 0.0732. The van der Waals surface area contributed by atoms with Crippen molar-refractivity contribution in [3.8, 4) is 5.88 Å². The Morgan fingerprint density at radius 1 is 1.39 bits per heavy atom. The van der Waals surface area contributed by atoms with Crippen molar-refractivity contribution in [3.63, 3.8) is 0 Å².